The standard InChI is InChI=1S/2C9H11.2ClH.Hf.H2Si/c2*1-2-5-9-7-3-6-8(9)4-1;;;;/h2*1-2,4,6,9H,3,5,7H2;2*1H;;1H2/q2*-1;;;+2;/p-2. The second-order valence-corrected chi connectivity index (χ2v) is 5.62. The van der Waals surface area contributed by atoms with E-state index in [1.807, 2.05) is 6.94 Å². The van der Waals surface area contributed by atoms with Crippen LogP contribution in [0.1, 0.15) is 38.5 Å². The zero-order valence-corrected chi connectivity index (χ0v) is 19.5. The van der Waals surface area contributed by atoms with Crippen molar-refractivity contribution in [1.82, 2.24) is 0 Å². The molecule has 0 N–H and O–H groups in total. The molecule has 0 heterocycles. The van der Waals surface area contributed by atoms with Gasteiger partial charge in [-0.05, 0) is 24.7 Å². The van der Waals surface area contributed by atoms with Gasteiger partial charge in [0.05, 0.1) is 0 Å². The van der Waals surface area contributed by atoms with Crippen LogP contribution in [0.4, 0.5) is 0 Å². The molecule has 0 nitrogen and oxygen atoms in total. The van der Waals surface area contributed by atoms with E-state index in [0.29, 0.717) is 0 Å². The molecule has 22 heavy (non-hydrogen) atoms. The van der Waals surface area contributed by atoms with Crippen LogP contribution in [-0.4, -0.2) is 6.94 Å². The van der Waals surface area contributed by atoms with Crippen LogP contribution in [0.15, 0.2) is 47.6 Å². The van der Waals surface area contributed by atoms with E-state index in [0.717, 1.165) is 11.8 Å². The summed E-state index contributed by atoms with van der Waals surface area (Å²) in [5, 5.41) is 0. The van der Waals surface area contributed by atoms with Crippen molar-refractivity contribution < 1.29 is 47.8 Å². The summed E-state index contributed by atoms with van der Waals surface area (Å²) in [6.07, 6.45) is 26.1. The van der Waals surface area contributed by atoms with Crippen molar-refractivity contribution >= 4 is 6.94 Å². The van der Waals surface area contributed by atoms with Gasteiger partial charge >= 0.3 is 29.9 Å². The van der Waals surface area contributed by atoms with E-state index in [9.17, 15) is 0 Å². The summed E-state index contributed by atoms with van der Waals surface area (Å²) in [4.78, 5) is 0. The number of hydrogen-bond donors (Lipinski definition) is 0. The molecule has 0 saturated heterocycles. The number of halogens is 2. The molecule has 4 rings (SSSR count). The molecular formula is C18H24Cl2HfSi-2. The van der Waals surface area contributed by atoms with E-state index in [-0.39, 0.29) is 24.8 Å². The Morgan fingerprint density at radius 2 is 1.23 bits per heavy atom. The van der Waals surface area contributed by atoms with E-state index < -0.39 is 0 Å². The zero-order chi connectivity index (χ0) is 14.2. The van der Waals surface area contributed by atoms with Crippen LogP contribution in [0.25, 0.3) is 0 Å². The van der Waals surface area contributed by atoms with Gasteiger partial charge in [-0.2, -0.15) is 0 Å². The topological polar surface area (TPSA) is 0 Å². The average molecular weight is 518 g/mol. The van der Waals surface area contributed by atoms with Gasteiger partial charge in [0, 0.05) is 0 Å². The number of hydrogen-bond acceptors (Lipinski definition) is 0. The molecule has 0 aliphatic heterocycles. The third kappa shape index (κ3) is 6.47. The summed E-state index contributed by atoms with van der Waals surface area (Å²) >= 11 is 1.33. The fraction of sp³-hybridized carbons (Fsp3) is 0.444. The van der Waals surface area contributed by atoms with Crippen LogP contribution in [0.2, 0.25) is 0 Å². The second-order valence-electron chi connectivity index (χ2n) is 5.62. The van der Waals surface area contributed by atoms with Gasteiger partial charge in [0.15, 0.2) is 0 Å². The third-order valence-electron chi connectivity index (χ3n) is 4.42. The summed E-state index contributed by atoms with van der Waals surface area (Å²) in [6, 6.07) is 0. The normalized spacial score (nSPS) is 25.7. The molecule has 2 fully saturated rings. The Labute approximate surface area is 164 Å². The molecule has 0 bridgehead atoms. The first-order valence-corrected chi connectivity index (χ1v) is 16.0. The van der Waals surface area contributed by atoms with Gasteiger partial charge in [0.2, 0.25) is 0 Å². The van der Waals surface area contributed by atoms with E-state index >= 15 is 0 Å². The molecule has 4 aliphatic carbocycles. The number of allylic oxidation sites excluding steroid dienone is 8. The monoisotopic (exact) mass is 518 g/mol. The summed E-state index contributed by atoms with van der Waals surface area (Å²) in [5.74, 6) is 1.77. The van der Waals surface area contributed by atoms with Gasteiger partial charge in [-0.3, -0.25) is 0 Å². The SMILES string of the molecule is C1=CCC2CC[CH-]C2=C1.C1=CCC2CC[CH-]C2=C1.[Cl-].[Cl-].[SiH2]=[Hf+2]. The zero-order valence-electron chi connectivity index (χ0n) is 13.0. The van der Waals surface area contributed by atoms with Crippen molar-refractivity contribution in [3.8, 4) is 0 Å². The Balaban J connectivity index is 0.000000334. The van der Waals surface area contributed by atoms with Crippen molar-refractivity contribution in [2.24, 2.45) is 11.8 Å². The number of fused-ring (bicyclic) bond motifs is 2. The maximum absolute atomic E-state index is 2.37. The van der Waals surface area contributed by atoms with Crippen LogP contribution in [-0.2, 0) is 23.0 Å². The van der Waals surface area contributed by atoms with Crippen LogP contribution < -0.4 is 24.8 Å². The number of rotatable bonds is 0. The molecule has 0 aromatic heterocycles. The van der Waals surface area contributed by atoms with E-state index in [4.69, 9.17) is 0 Å². The van der Waals surface area contributed by atoms with Gasteiger partial charge in [0.25, 0.3) is 0 Å². The second kappa shape index (κ2) is 12.7. The average Bonchev–Trinajstić information content (AvgIpc) is 3.18. The van der Waals surface area contributed by atoms with Crippen molar-refractivity contribution in [3.05, 3.63) is 60.4 Å². The molecule has 0 radical (unpaired) electrons. The van der Waals surface area contributed by atoms with Crippen LogP contribution in [0.5, 0.6) is 0 Å². The molecule has 4 heteroatoms. The van der Waals surface area contributed by atoms with Gasteiger partial charge in [-0.1, -0.05) is 12.8 Å². The van der Waals surface area contributed by atoms with E-state index in [1.54, 1.807) is 11.1 Å². The van der Waals surface area contributed by atoms with E-state index in [2.05, 4.69) is 49.3 Å². The molecule has 4 aliphatic rings. The van der Waals surface area contributed by atoms with Crippen LogP contribution in [0.3, 0.4) is 0 Å². The minimum absolute atomic E-state index is 0. The van der Waals surface area contributed by atoms with Gasteiger partial charge < -0.3 is 24.8 Å². The summed E-state index contributed by atoms with van der Waals surface area (Å²) in [5.41, 5.74) is 3.16. The summed E-state index contributed by atoms with van der Waals surface area (Å²) in [6.45, 7) is 2.00. The fourth-order valence-electron chi connectivity index (χ4n) is 3.33. The quantitative estimate of drug-likeness (QED) is 0.259. The first kappa shape index (κ1) is 22.4. The van der Waals surface area contributed by atoms with Crippen LogP contribution in [0, 0.1) is 24.7 Å². The molecule has 0 spiro atoms. The molecule has 0 aromatic rings. The van der Waals surface area contributed by atoms with Crippen molar-refractivity contribution in [3.63, 3.8) is 0 Å². The summed E-state index contributed by atoms with van der Waals surface area (Å²) in [7, 11) is 0. The first-order chi connectivity index (χ1) is 9.93. The van der Waals surface area contributed by atoms with Gasteiger partial charge in [-0.15, -0.1) is 37.1 Å². The molecule has 0 amide bonds. The Bertz CT molecular complexity index is 400. The van der Waals surface area contributed by atoms with Gasteiger partial charge in [0.1, 0.15) is 0 Å². The first-order valence-electron chi connectivity index (χ1n) is 7.68. The molecule has 2 saturated carbocycles. The Morgan fingerprint density at radius 3 is 1.59 bits per heavy atom. The van der Waals surface area contributed by atoms with Crippen molar-refractivity contribution in [2.45, 2.75) is 38.5 Å². The predicted molar refractivity (Wildman–Crippen MR) is 86.3 cm³/mol. The van der Waals surface area contributed by atoms with Crippen molar-refractivity contribution in [1.29, 1.82) is 0 Å². The predicted octanol–water partition coefficient (Wildman–Crippen LogP) is -1.94. The van der Waals surface area contributed by atoms with E-state index in [1.165, 1.54) is 61.5 Å². The molecule has 0 aromatic carbocycles. The third-order valence-corrected chi connectivity index (χ3v) is 4.42. The molecule has 120 valence electrons. The minimum atomic E-state index is 0. The maximum atomic E-state index is 2.37. The summed E-state index contributed by atoms with van der Waals surface area (Å²) < 4.78 is 0. The fourth-order valence-corrected chi connectivity index (χ4v) is 3.33. The molecule has 2 unspecified atom stereocenters. The Morgan fingerprint density at radius 1 is 0.818 bits per heavy atom. The Hall–Kier alpha value is 0.367. The molecule has 2 atom stereocenters. The van der Waals surface area contributed by atoms with Crippen LogP contribution >= 0.6 is 0 Å². The van der Waals surface area contributed by atoms with Crippen molar-refractivity contribution in [2.75, 3.05) is 0 Å². The Kier molecular flexibility index (Phi) is 13.0. The molecular weight excluding hydrogens is 494 g/mol. The van der Waals surface area contributed by atoms with Gasteiger partial charge in [-0.25, -0.2) is 36.1 Å².